The van der Waals surface area contributed by atoms with Crippen LogP contribution in [0.15, 0.2) is 12.1 Å². The lowest BCUT2D eigenvalue weighted by Gasteiger charge is -2.01. The van der Waals surface area contributed by atoms with Crippen molar-refractivity contribution in [1.29, 1.82) is 0 Å². The molecule has 12 heavy (non-hydrogen) atoms. The van der Waals surface area contributed by atoms with E-state index in [1.165, 1.54) is 7.05 Å². The Hall–Kier alpha value is -1.38. The van der Waals surface area contributed by atoms with E-state index in [0.29, 0.717) is 11.4 Å². The number of benzene rings is 1. The molecule has 0 heterocycles. The SMILES string of the molecule is Cc1ccc(N)c(C)c1[N+](C)=O. The van der Waals surface area contributed by atoms with Crippen LogP contribution >= 0.6 is 0 Å². The van der Waals surface area contributed by atoms with Gasteiger partial charge in [0.15, 0.2) is 7.05 Å². The van der Waals surface area contributed by atoms with Crippen LogP contribution in [0.25, 0.3) is 0 Å². The van der Waals surface area contributed by atoms with Crippen molar-refractivity contribution in [3.05, 3.63) is 28.2 Å². The highest BCUT2D eigenvalue weighted by atomic mass is 16.3. The first-order chi connectivity index (χ1) is 5.54. The fourth-order valence-corrected chi connectivity index (χ4v) is 1.34. The van der Waals surface area contributed by atoms with Crippen LogP contribution in [0.4, 0.5) is 11.4 Å². The van der Waals surface area contributed by atoms with Crippen LogP contribution in [-0.2, 0) is 0 Å². The summed E-state index contributed by atoms with van der Waals surface area (Å²) in [7, 11) is 1.48. The van der Waals surface area contributed by atoms with E-state index in [4.69, 9.17) is 5.73 Å². The van der Waals surface area contributed by atoms with Crippen molar-refractivity contribution < 1.29 is 4.76 Å². The maximum atomic E-state index is 11.1. The molecule has 0 aromatic heterocycles. The third-order valence-corrected chi connectivity index (χ3v) is 1.99. The van der Waals surface area contributed by atoms with Gasteiger partial charge in [0.25, 0.3) is 5.69 Å². The molecular formula is C9H13N2O+. The Labute approximate surface area is 71.8 Å². The number of nitrogen functional groups attached to an aromatic ring is 1. The molecule has 1 aromatic rings. The molecule has 0 bridgehead atoms. The minimum atomic E-state index is 0.665. The van der Waals surface area contributed by atoms with E-state index < -0.39 is 0 Å². The van der Waals surface area contributed by atoms with Gasteiger partial charge >= 0.3 is 0 Å². The van der Waals surface area contributed by atoms with Crippen molar-refractivity contribution in [2.24, 2.45) is 0 Å². The summed E-state index contributed by atoms with van der Waals surface area (Å²) in [5.74, 6) is 0. The van der Waals surface area contributed by atoms with Crippen molar-refractivity contribution in [2.45, 2.75) is 13.8 Å². The van der Waals surface area contributed by atoms with Crippen molar-refractivity contribution in [1.82, 2.24) is 0 Å². The van der Waals surface area contributed by atoms with Crippen LogP contribution < -0.4 is 5.73 Å². The molecule has 0 amide bonds. The zero-order chi connectivity index (χ0) is 9.30. The molecule has 2 N–H and O–H groups in total. The average Bonchev–Trinajstić information content (AvgIpc) is 1.97. The number of hydrogen-bond acceptors (Lipinski definition) is 2. The third-order valence-electron chi connectivity index (χ3n) is 1.99. The Kier molecular flexibility index (Phi) is 2.13. The molecule has 0 aliphatic carbocycles. The van der Waals surface area contributed by atoms with E-state index in [1.807, 2.05) is 26.0 Å². The fraction of sp³-hybridized carbons (Fsp3) is 0.333. The fourth-order valence-electron chi connectivity index (χ4n) is 1.34. The van der Waals surface area contributed by atoms with Gasteiger partial charge in [0, 0.05) is 26.5 Å². The van der Waals surface area contributed by atoms with E-state index in [-0.39, 0.29) is 0 Å². The zero-order valence-electron chi connectivity index (χ0n) is 7.59. The van der Waals surface area contributed by atoms with Crippen LogP contribution in [0.3, 0.4) is 0 Å². The van der Waals surface area contributed by atoms with Gasteiger partial charge < -0.3 is 5.73 Å². The Morgan fingerprint density at radius 2 is 1.92 bits per heavy atom. The number of anilines is 1. The smallest absolute Gasteiger partial charge is 0.263 e. The van der Waals surface area contributed by atoms with Gasteiger partial charge in [-0.1, -0.05) is 6.07 Å². The Balaban J connectivity index is 3.43. The van der Waals surface area contributed by atoms with Crippen molar-refractivity contribution >= 4 is 11.4 Å². The predicted octanol–water partition coefficient (Wildman–Crippen LogP) is 1.93. The number of nitroso groups, excluding NO2 is 1. The number of nitrogens with two attached hydrogens (primary N) is 1. The van der Waals surface area contributed by atoms with Gasteiger partial charge in [-0.3, -0.25) is 0 Å². The Bertz CT molecular complexity index is 332. The second-order valence-corrected chi connectivity index (χ2v) is 2.94. The topological polar surface area (TPSA) is 46.1 Å². The second-order valence-electron chi connectivity index (χ2n) is 2.94. The lowest BCUT2D eigenvalue weighted by molar-refractivity contribution is -0.429. The van der Waals surface area contributed by atoms with Gasteiger partial charge in [-0.2, -0.15) is 0 Å². The molecule has 3 heteroatoms. The van der Waals surface area contributed by atoms with E-state index in [1.54, 1.807) is 0 Å². The van der Waals surface area contributed by atoms with Crippen LogP contribution in [-0.4, -0.2) is 11.8 Å². The summed E-state index contributed by atoms with van der Waals surface area (Å²) in [6.07, 6.45) is 0. The molecule has 0 aliphatic rings. The highest BCUT2D eigenvalue weighted by Crippen LogP contribution is 2.26. The second kappa shape index (κ2) is 2.93. The highest BCUT2D eigenvalue weighted by Gasteiger charge is 2.16. The lowest BCUT2D eigenvalue weighted by atomic mass is 10.1. The van der Waals surface area contributed by atoms with Crippen LogP contribution in [0.5, 0.6) is 0 Å². The standard InChI is InChI=1S/C9H13N2O/c1-6-4-5-8(10)7(2)9(6)11(3)12/h4-5H,10H2,1-3H3/q+1. The van der Waals surface area contributed by atoms with Crippen LogP contribution in [0, 0.1) is 18.8 Å². The van der Waals surface area contributed by atoms with Gasteiger partial charge in [-0.25, -0.2) is 0 Å². The van der Waals surface area contributed by atoms with E-state index in [2.05, 4.69) is 0 Å². The molecule has 64 valence electrons. The van der Waals surface area contributed by atoms with Gasteiger partial charge in [0.05, 0.1) is 0 Å². The molecule has 1 rings (SSSR count). The summed E-state index contributed by atoms with van der Waals surface area (Å²) in [6.45, 7) is 3.75. The van der Waals surface area contributed by atoms with Crippen molar-refractivity contribution in [3.63, 3.8) is 0 Å². The number of rotatable bonds is 1. The lowest BCUT2D eigenvalue weighted by Crippen LogP contribution is -2.00. The van der Waals surface area contributed by atoms with Crippen molar-refractivity contribution in [3.8, 4) is 0 Å². The van der Waals surface area contributed by atoms with E-state index in [0.717, 1.165) is 15.9 Å². The third kappa shape index (κ3) is 1.30. The number of aryl methyl sites for hydroxylation is 1. The first kappa shape index (κ1) is 8.71. The summed E-state index contributed by atoms with van der Waals surface area (Å²) < 4.78 is 0.848. The first-order valence-electron chi connectivity index (χ1n) is 3.80. The molecule has 0 saturated heterocycles. The summed E-state index contributed by atoms with van der Waals surface area (Å²) in [6, 6.07) is 3.67. The Morgan fingerprint density at radius 3 is 2.33 bits per heavy atom. The molecule has 0 spiro atoms. The molecule has 0 radical (unpaired) electrons. The average molecular weight is 165 g/mol. The minimum Gasteiger partial charge on any atom is -0.398 e. The minimum absolute atomic E-state index is 0.665. The van der Waals surface area contributed by atoms with Gasteiger partial charge in [-0.05, 0) is 19.9 Å². The van der Waals surface area contributed by atoms with Crippen molar-refractivity contribution in [2.75, 3.05) is 12.8 Å². The zero-order valence-corrected chi connectivity index (χ0v) is 7.59. The van der Waals surface area contributed by atoms with Gasteiger partial charge in [0.2, 0.25) is 0 Å². The maximum Gasteiger partial charge on any atom is 0.263 e. The monoisotopic (exact) mass is 165 g/mol. The van der Waals surface area contributed by atoms with Crippen LogP contribution in [0.2, 0.25) is 0 Å². The highest BCUT2D eigenvalue weighted by molar-refractivity contribution is 5.60. The normalized spacial score (nSPS) is 9.92. The van der Waals surface area contributed by atoms with E-state index in [9.17, 15) is 4.91 Å². The summed E-state index contributed by atoms with van der Waals surface area (Å²) in [4.78, 5) is 11.1. The molecular weight excluding hydrogens is 152 g/mol. The first-order valence-corrected chi connectivity index (χ1v) is 3.80. The summed E-state index contributed by atoms with van der Waals surface area (Å²) in [5.41, 5.74) is 8.81. The molecule has 1 aromatic carbocycles. The Morgan fingerprint density at radius 1 is 1.33 bits per heavy atom. The number of hydrogen-bond donors (Lipinski definition) is 1. The molecule has 0 fully saturated rings. The largest absolute Gasteiger partial charge is 0.398 e. The summed E-state index contributed by atoms with van der Waals surface area (Å²) >= 11 is 0. The van der Waals surface area contributed by atoms with E-state index >= 15 is 0 Å². The molecule has 0 unspecified atom stereocenters. The summed E-state index contributed by atoms with van der Waals surface area (Å²) in [5, 5.41) is 0. The number of nitrogens with zero attached hydrogens (tertiary/aromatic N) is 1. The maximum absolute atomic E-state index is 11.1. The van der Waals surface area contributed by atoms with Gasteiger partial charge in [-0.15, -0.1) is 0 Å². The molecule has 0 aliphatic heterocycles. The molecule has 3 nitrogen and oxygen atoms in total. The molecule has 0 atom stereocenters. The van der Waals surface area contributed by atoms with Gasteiger partial charge in [0.1, 0.15) is 0 Å². The quantitative estimate of drug-likeness (QED) is 0.510. The predicted molar refractivity (Wildman–Crippen MR) is 49.5 cm³/mol. The van der Waals surface area contributed by atoms with Crippen LogP contribution in [0.1, 0.15) is 11.1 Å². The molecule has 0 saturated carbocycles.